The molecule has 0 atom stereocenters. The molecule has 0 bridgehead atoms. The molecule has 3 rings (SSSR count). The first-order valence-corrected chi connectivity index (χ1v) is 11.0. The van der Waals surface area contributed by atoms with Gasteiger partial charge in [-0.1, -0.05) is 124 Å². The average molecular weight is 418 g/mol. The summed E-state index contributed by atoms with van der Waals surface area (Å²) in [4.78, 5) is 0. The molecule has 0 unspecified atom stereocenters. The fourth-order valence-corrected chi connectivity index (χ4v) is 2.53. The highest BCUT2D eigenvalue weighted by molar-refractivity contribution is 5.87. The van der Waals surface area contributed by atoms with Crippen LogP contribution in [0.1, 0.15) is 39.7 Å². The van der Waals surface area contributed by atoms with Crippen molar-refractivity contribution in [2.75, 3.05) is 6.54 Å². The third kappa shape index (κ3) is 12.9. The maximum Gasteiger partial charge on any atom is 0.120 e. The SMILES string of the molecule is C=CC=CC/C=C\C.CC.CCNCc1c(O)ccc2ccccc12.c1ccccc1. The number of rotatable bonds is 6. The lowest BCUT2D eigenvalue weighted by atomic mass is 10.0. The summed E-state index contributed by atoms with van der Waals surface area (Å²) in [6.45, 7) is 13.2. The van der Waals surface area contributed by atoms with E-state index in [2.05, 4.69) is 37.0 Å². The molecular formula is C29H39NO. The number of nitrogens with one attached hydrogen (secondary N) is 1. The molecule has 0 radical (unpaired) electrons. The van der Waals surface area contributed by atoms with Gasteiger partial charge in [-0.2, -0.15) is 0 Å². The highest BCUT2D eigenvalue weighted by Gasteiger charge is 2.05. The lowest BCUT2D eigenvalue weighted by Crippen LogP contribution is -2.12. The van der Waals surface area contributed by atoms with Crippen molar-refractivity contribution in [3.8, 4) is 5.75 Å². The quantitative estimate of drug-likeness (QED) is 0.314. The standard InChI is InChI=1S/C13H15NO.C8H12.C6H6.C2H6/c1-2-14-9-12-11-6-4-3-5-10(11)7-8-13(12)15;1-3-5-7-8-6-4-2;1-2-4-6-5-3-1;1-2/h3-8,14-15H,2,9H2,1H3;3-7H,1,8H2,2H3;1-6H;1-2H3/b;6-4-,7-5?;;. The van der Waals surface area contributed by atoms with Gasteiger partial charge in [-0.25, -0.2) is 0 Å². The summed E-state index contributed by atoms with van der Waals surface area (Å²) in [7, 11) is 0. The zero-order valence-corrected chi connectivity index (χ0v) is 19.6. The minimum atomic E-state index is 0.370. The van der Waals surface area contributed by atoms with Crippen molar-refractivity contribution in [2.24, 2.45) is 0 Å². The van der Waals surface area contributed by atoms with Crippen LogP contribution >= 0.6 is 0 Å². The fourth-order valence-electron chi connectivity index (χ4n) is 2.53. The molecule has 3 aromatic carbocycles. The summed E-state index contributed by atoms with van der Waals surface area (Å²) >= 11 is 0. The Labute approximate surface area is 189 Å². The van der Waals surface area contributed by atoms with Crippen LogP contribution in [0.2, 0.25) is 0 Å². The Morgan fingerprint density at radius 1 is 0.871 bits per heavy atom. The van der Waals surface area contributed by atoms with E-state index in [0.717, 1.165) is 23.9 Å². The predicted molar refractivity (Wildman–Crippen MR) is 140 cm³/mol. The molecule has 0 heterocycles. The van der Waals surface area contributed by atoms with E-state index in [1.807, 2.05) is 93.6 Å². The molecule has 0 aliphatic carbocycles. The van der Waals surface area contributed by atoms with Crippen LogP contribution in [0, 0.1) is 0 Å². The van der Waals surface area contributed by atoms with Crippen LogP contribution in [0.4, 0.5) is 0 Å². The highest BCUT2D eigenvalue weighted by Crippen LogP contribution is 2.26. The highest BCUT2D eigenvalue weighted by atomic mass is 16.3. The van der Waals surface area contributed by atoms with Crippen molar-refractivity contribution in [1.29, 1.82) is 0 Å². The topological polar surface area (TPSA) is 32.3 Å². The largest absolute Gasteiger partial charge is 0.508 e. The van der Waals surface area contributed by atoms with Crippen molar-refractivity contribution >= 4 is 10.8 Å². The van der Waals surface area contributed by atoms with Gasteiger partial charge < -0.3 is 10.4 Å². The first kappa shape index (κ1) is 27.9. The summed E-state index contributed by atoms with van der Waals surface area (Å²) in [5, 5.41) is 15.3. The third-order valence-corrected chi connectivity index (χ3v) is 4.01. The molecule has 2 N–H and O–H groups in total. The van der Waals surface area contributed by atoms with Gasteiger partial charge in [0.1, 0.15) is 5.75 Å². The number of fused-ring (bicyclic) bond motifs is 1. The second-order valence-corrected chi connectivity index (χ2v) is 6.19. The van der Waals surface area contributed by atoms with E-state index in [1.165, 1.54) is 5.39 Å². The number of phenols is 1. The van der Waals surface area contributed by atoms with E-state index in [1.54, 1.807) is 12.1 Å². The maximum atomic E-state index is 9.80. The van der Waals surface area contributed by atoms with Gasteiger partial charge in [0.05, 0.1) is 0 Å². The lowest BCUT2D eigenvalue weighted by Gasteiger charge is -2.09. The van der Waals surface area contributed by atoms with Gasteiger partial charge in [0.2, 0.25) is 0 Å². The van der Waals surface area contributed by atoms with Gasteiger partial charge in [-0.05, 0) is 36.7 Å². The molecule has 0 saturated carbocycles. The number of allylic oxidation sites excluding steroid dienone is 5. The average Bonchev–Trinajstić information content (AvgIpc) is 2.84. The van der Waals surface area contributed by atoms with Crippen molar-refractivity contribution < 1.29 is 5.11 Å². The Balaban J connectivity index is 0.000000474. The molecule has 31 heavy (non-hydrogen) atoms. The van der Waals surface area contributed by atoms with Crippen LogP contribution in [-0.2, 0) is 6.54 Å². The minimum Gasteiger partial charge on any atom is -0.508 e. The Morgan fingerprint density at radius 2 is 1.48 bits per heavy atom. The van der Waals surface area contributed by atoms with Crippen molar-refractivity contribution in [1.82, 2.24) is 5.32 Å². The van der Waals surface area contributed by atoms with Crippen molar-refractivity contribution in [2.45, 2.75) is 40.7 Å². The summed E-state index contributed by atoms with van der Waals surface area (Å²) in [5.74, 6) is 0.370. The summed E-state index contributed by atoms with van der Waals surface area (Å²) in [5.41, 5.74) is 0.981. The number of phenolic OH excluding ortho intramolecular Hbond substituents is 1. The van der Waals surface area contributed by atoms with E-state index in [9.17, 15) is 5.11 Å². The number of hydrogen-bond donors (Lipinski definition) is 2. The number of benzene rings is 3. The molecule has 0 amide bonds. The van der Waals surface area contributed by atoms with Gasteiger partial charge in [0.15, 0.2) is 0 Å². The van der Waals surface area contributed by atoms with Crippen LogP contribution in [0.3, 0.4) is 0 Å². The molecule has 0 spiro atoms. The van der Waals surface area contributed by atoms with Crippen LogP contribution in [-0.4, -0.2) is 11.7 Å². The van der Waals surface area contributed by atoms with Crippen LogP contribution in [0.15, 0.2) is 110 Å². The molecule has 0 aliphatic heterocycles. The minimum absolute atomic E-state index is 0.370. The second kappa shape index (κ2) is 20.2. The van der Waals surface area contributed by atoms with Gasteiger partial charge in [-0.3, -0.25) is 0 Å². The smallest absolute Gasteiger partial charge is 0.120 e. The van der Waals surface area contributed by atoms with Gasteiger partial charge in [0, 0.05) is 12.1 Å². The van der Waals surface area contributed by atoms with Gasteiger partial charge in [-0.15, -0.1) is 0 Å². The Bertz CT molecular complexity index is 840. The van der Waals surface area contributed by atoms with Gasteiger partial charge >= 0.3 is 0 Å². The van der Waals surface area contributed by atoms with Crippen molar-refractivity contribution in [3.05, 3.63) is 115 Å². The summed E-state index contributed by atoms with van der Waals surface area (Å²) in [6, 6.07) is 23.8. The second-order valence-electron chi connectivity index (χ2n) is 6.19. The summed E-state index contributed by atoms with van der Waals surface area (Å²) in [6.07, 6.45) is 10.9. The van der Waals surface area contributed by atoms with E-state index in [-0.39, 0.29) is 0 Å². The number of hydrogen-bond acceptors (Lipinski definition) is 2. The normalized spacial score (nSPS) is 9.81. The Kier molecular flexibility index (Phi) is 18.2. The van der Waals surface area contributed by atoms with Gasteiger partial charge in [0.25, 0.3) is 0 Å². The Morgan fingerprint density at radius 3 is 2.03 bits per heavy atom. The molecule has 166 valence electrons. The first-order valence-electron chi connectivity index (χ1n) is 11.0. The molecular weight excluding hydrogens is 378 g/mol. The summed E-state index contributed by atoms with van der Waals surface area (Å²) < 4.78 is 0. The molecule has 0 fully saturated rings. The zero-order chi connectivity index (χ0) is 23.2. The molecule has 2 heteroatoms. The molecule has 2 nitrogen and oxygen atoms in total. The van der Waals surface area contributed by atoms with E-state index in [0.29, 0.717) is 12.3 Å². The van der Waals surface area contributed by atoms with Crippen LogP contribution in [0.25, 0.3) is 10.8 Å². The molecule has 0 aliphatic rings. The fraction of sp³-hybridized carbons (Fsp3) is 0.241. The van der Waals surface area contributed by atoms with E-state index >= 15 is 0 Å². The van der Waals surface area contributed by atoms with Crippen LogP contribution in [0.5, 0.6) is 5.75 Å². The van der Waals surface area contributed by atoms with E-state index in [4.69, 9.17) is 0 Å². The number of aromatic hydroxyl groups is 1. The molecule has 0 saturated heterocycles. The zero-order valence-electron chi connectivity index (χ0n) is 19.6. The monoisotopic (exact) mass is 417 g/mol. The maximum absolute atomic E-state index is 9.80. The van der Waals surface area contributed by atoms with Crippen LogP contribution < -0.4 is 5.32 Å². The van der Waals surface area contributed by atoms with Crippen molar-refractivity contribution in [3.63, 3.8) is 0 Å². The lowest BCUT2D eigenvalue weighted by molar-refractivity contribution is 0.466. The third-order valence-electron chi connectivity index (χ3n) is 4.01. The molecule has 0 aromatic heterocycles. The first-order chi connectivity index (χ1) is 15.2. The molecule has 3 aromatic rings. The van der Waals surface area contributed by atoms with E-state index < -0.39 is 0 Å². The predicted octanol–water partition coefficient (Wildman–Crippen LogP) is 8.06. The Hall–Kier alpha value is -3.10.